The smallest absolute Gasteiger partial charge is 0.379 e. The predicted octanol–water partition coefficient (Wildman–Crippen LogP) is 9.93. The molecule has 0 saturated carbocycles. The van der Waals surface area contributed by atoms with Crippen molar-refractivity contribution in [2.45, 2.75) is 155 Å². The average molecular weight is 945 g/mol. The van der Waals surface area contributed by atoms with Gasteiger partial charge in [0.05, 0.1) is 132 Å². The van der Waals surface area contributed by atoms with Gasteiger partial charge in [-0.05, 0) is 31.9 Å². The van der Waals surface area contributed by atoms with Crippen molar-refractivity contribution in [3.63, 3.8) is 0 Å². The SMILES string of the molecule is CCCCCCCCCCCCCOCCOCCOCCOCCOCCO[Si](CCCS)(OCC)OCCOCCOCCOCCOCCOCCCCCCCCCC. The number of hydrogen-bond donors (Lipinski definition) is 1. The van der Waals surface area contributed by atoms with Crippen LogP contribution in [0.4, 0.5) is 0 Å². The van der Waals surface area contributed by atoms with Crippen LogP contribution in [0.2, 0.25) is 6.04 Å². The Bertz CT molecular complexity index is 828. The van der Waals surface area contributed by atoms with Crippen LogP contribution in [0.15, 0.2) is 0 Å². The van der Waals surface area contributed by atoms with Crippen molar-refractivity contribution in [2.75, 3.05) is 158 Å². The molecule has 380 valence electrons. The van der Waals surface area contributed by atoms with Gasteiger partial charge >= 0.3 is 8.80 Å². The zero-order chi connectivity index (χ0) is 45.5. The van der Waals surface area contributed by atoms with Gasteiger partial charge in [0.15, 0.2) is 0 Å². The first-order valence-corrected chi connectivity index (χ1v) is 28.1. The summed E-state index contributed by atoms with van der Waals surface area (Å²) < 4.78 is 75.0. The molecule has 0 rings (SSSR count). The molecule has 0 amide bonds. The molecule has 0 aromatic carbocycles. The lowest BCUT2D eigenvalue weighted by atomic mass is 10.1. The van der Waals surface area contributed by atoms with E-state index in [-0.39, 0.29) is 0 Å². The highest BCUT2D eigenvalue weighted by atomic mass is 32.1. The lowest BCUT2D eigenvalue weighted by Crippen LogP contribution is -2.47. The largest absolute Gasteiger partial charge is 0.501 e. The van der Waals surface area contributed by atoms with Gasteiger partial charge in [-0.15, -0.1) is 0 Å². The Labute approximate surface area is 393 Å². The van der Waals surface area contributed by atoms with Crippen LogP contribution in [0.5, 0.6) is 0 Å². The molecule has 15 heteroatoms. The molecule has 0 saturated heterocycles. The first-order valence-electron chi connectivity index (χ1n) is 25.5. The third-order valence-electron chi connectivity index (χ3n) is 10.1. The molecular formula is C48H100O13SSi. The van der Waals surface area contributed by atoms with Crippen molar-refractivity contribution in [2.24, 2.45) is 0 Å². The highest BCUT2D eigenvalue weighted by Crippen LogP contribution is 2.19. The zero-order valence-electron chi connectivity index (χ0n) is 41.1. The van der Waals surface area contributed by atoms with Crippen LogP contribution in [0, 0.1) is 0 Å². The molecule has 1 atom stereocenters. The van der Waals surface area contributed by atoms with Gasteiger partial charge in [0, 0.05) is 25.9 Å². The maximum atomic E-state index is 6.22. The summed E-state index contributed by atoms with van der Waals surface area (Å²) in [7, 11) is -2.89. The Balaban J connectivity index is 3.62. The fraction of sp³-hybridized carbons (Fsp3) is 1.00. The van der Waals surface area contributed by atoms with Gasteiger partial charge in [-0.3, -0.25) is 0 Å². The summed E-state index contributed by atoms with van der Waals surface area (Å²) in [5.41, 5.74) is 0. The number of rotatable bonds is 58. The lowest BCUT2D eigenvalue weighted by Gasteiger charge is -2.29. The van der Waals surface area contributed by atoms with E-state index in [1.807, 2.05) is 6.92 Å². The summed E-state index contributed by atoms with van der Waals surface area (Å²) in [5.74, 6) is 0.729. The van der Waals surface area contributed by atoms with E-state index in [1.165, 1.54) is 109 Å². The van der Waals surface area contributed by atoms with Crippen molar-refractivity contribution in [3.8, 4) is 0 Å². The van der Waals surface area contributed by atoms with E-state index in [2.05, 4.69) is 26.5 Å². The fourth-order valence-corrected chi connectivity index (χ4v) is 9.52. The number of thiol groups is 1. The number of unbranched alkanes of at least 4 members (excludes halogenated alkanes) is 17. The van der Waals surface area contributed by atoms with Crippen LogP contribution < -0.4 is 0 Å². The maximum absolute atomic E-state index is 6.22. The molecule has 0 bridgehead atoms. The third-order valence-corrected chi connectivity index (χ3v) is 13.4. The van der Waals surface area contributed by atoms with Gasteiger partial charge in [0.1, 0.15) is 0 Å². The molecule has 0 aliphatic heterocycles. The summed E-state index contributed by atoms with van der Waals surface area (Å²) in [6.07, 6.45) is 26.1. The van der Waals surface area contributed by atoms with Crippen molar-refractivity contribution in [1.29, 1.82) is 0 Å². The van der Waals surface area contributed by atoms with Gasteiger partial charge in [-0.1, -0.05) is 123 Å². The minimum atomic E-state index is -2.89. The standard InChI is InChI=1S/C48H100O13SSi/c1-4-7-9-11-13-15-16-17-19-21-23-26-50-28-30-52-32-34-54-36-38-56-40-42-58-44-46-61-63(59-6-3,48-24-47-62)60-45-43-57-41-39-55-37-35-53-33-31-51-29-27-49-25-22-20-18-14-12-10-8-5-2/h62H,4-48H2,1-3H3. The molecule has 0 spiro atoms. The summed E-state index contributed by atoms with van der Waals surface area (Å²) in [6.45, 7) is 18.9. The summed E-state index contributed by atoms with van der Waals surface area (Å²) in [4.78, 5) is 0. The molecule has 0 heterocycles. The molecule has 0 N–H and O–H groups in total. The summed E-state index contributed by atoms with van der Waals surface area (Å²) >= 11 is 4.39. The Hall–Kier alpha value is 0.0469. The van der Waals surface area contributed by atoms with Crippen LogP contribution in [-0.2, 0) is 60.6 Å². The highest BCUT2D eigenvalue weighted by molar-refractivity contribution is 7.80. The van der Waals surface area contributed by atoms with Gasteiger partial charge < -0.3 is 60.6 Å². The normalized spacial score (nSPS) is 12.8. The van der Waals surface area contributed by atoms with E-state index in [0.717, 1.165) is 38.2 Å². The second-order valence-corrected chi connectivity index (χ2v) is 19.0. The zero-order valence-corrected chi connectivity index (χ0v) is 43.0. The first kappa shape index (κ1) is 63.0. The van der Waals surface area contributed by atoms with Crippen LogP contribution in [0.25, 0.3) is 0 Å². The van der Waals surface area contributed by atoms with E-state index in [9.17, 15) is 0 Å². The number of hydrogen-bond acceptors (Lipinski definition) is 14. The Morgan fingerprint density at radius 1 is 0.254 bits per heavy atom. The second kappa shape index (κ2) is 56.4. The molecule has 1 unspecified atom stereocenters. The van der Waals surface area contributed by atoms with Gasteiger partial charge in [0.2, 0.25) is 0 Å². The van der Waals surface area contributed by atoms with Crippen LogP contribution >= 0.6 is 12.6 Å². The van der Waals surface area contributed by atoms with Crippen molar-refractivity contribution in [1.82, 2.24) is 0 Å². The third kappa shape index (κ3) is 51.3. The second-order valence-electron chi connectivity index (χ2n) is 15.8. The van der Waals surface area contributed by atoms with Gasteiger partial charge in [-0.2, -0.15) is 12.6 Å². The molecule has 0 aliphatic rings. The topological polar surface area (TPSA) is 120 Å². The summed E-state index contributed by atoms with van der Waals surface area (Å²) in [5, 5.41) is 0. The number of ether oxygens (including phenoxy) is 10. The predicted molar refractivity (Wildman–Crippen MR) is 260 cm³/mol. The minimum absolute atomic E-state index is 0.378. The van der Waals surface area contributed by atoms with E-state index in [0.29, 0.717) is 145 Å². The molecule has 0 aromatic rings. The molecule has 0 aromatic heterocycles. The molecule has 63 heavy (non-hydrogen) atoms. The molecule has 0 fully saturated rings. The Morgan fingerprint density at radius 2 is 0.492 bits per heavy atom. The molecule has 0 radical (unpaired) electrons. The molecular weight excluding hydrogens is 845 g/mol. The Kier molecular flexibility index (Phi) is 56.4. The van der Waals surface area contributed by atoms with Crippen molar-refractivity contribution in [3.05, 3.63) is 0 Å². The van der Waals surface area contributed by atoms with Gasteiger partial charge in [0.25, 0.3) is 0 Å². The first-order chi connectivity index (χ1) is 31.2. The molecule has 0 aliphatic carbocycles. The van der Waals surface area contributed by atoms with E-state index < -0.39 is 8.80 Å². The van der Waals surface area contributed by atoms with Crippen LogP contribution in [0.1, 0.15) is 149 Å². The quantitative estimate of drug-likeness (QED) is 0.0354. The van der Waals surface area contributed by atoms with E-state index >= 15 is 0 Å². The van der Waals surface area contributed by atoms with Crippen LogP contribution in [-0.4, -0.2) is 167 Å². The van der Waals surface area contributed by atoms with E-state index in [4.69, 9.17) is 60.6 Å². The fourth-order valence-electron chi connectivity index (χ4n) is 6.54. The monoisotopic (exact) mass is 945 g/mol. The van der Waals surface area contributed by atoms with Crippen molar-refractivity contribution >= 4 is 21.4 Å². The molecule has 13 nitrogen and oxygen atoms in total. The van der Waals surface area contributed by atoms with Crippen molar-refractivity contribution < 1.29 is 60.6 Å². The average Bonchev–Trinajstić information content (AvgIpc) is 3.29. The minimum Gasteiger partial charge on any atom is -0.379 e. The highest BCUT2D eigenvalue weighted by Gasteiger charge is 2.40. The summed E-state index contributed by atoms with van der Waals surface area (Å²) in [6, 6.07) is 0.688. The maximum Gasteiger partial charge on any atom is 0.501 e. The van der Waals surface area contributed by atoms with Crippen LogP contribution in [0.3, 0.4) is 0 Å². The van der Waals surface area contributed by atoms with Gasteiger partial charge in [-0.25, -0.2) is 0 Å². The Morgan fingerprint density at radius 3 is 0.746 bits per heavy atom. The van der Waals surface area contributed by atoms with E-state index in [1.54, 1.807) is 0 Å². The lowest BCUT2D eigenvalue weighted by molar-refractivity contribution is -0.0218.